The highest BCUT2D eigenvalue weighted by atomic mass is 16.7. The molecule has 1 aliphatic heterocycles. The van der Waals surface area contributed by atoms with E-state index in [0.29, 0.717) is 12.5 Å². The maximum Gasteiger partial charge on any atom is 0.163 e. The molecule has 1 heterocycles. The molecule has 1 rings (SSSR count). The van der Waals surface area contributed by atoms with E-state index in [0.717, 1.165) is 13.0 Å². The van der Waals surface area contributed by atoms with Crippen molar-refractivity contribution < 1.29 is 9.47 Å². The van der Waals surface area contributed by atoms with Crippen LogP contribution in [0.25, 0.3) is 0 Å². The minimum atomic E-state index is -0.390. The molecule has 3 heteroatoms. The molecule has 2 N–H and O–H groups in total. The first kappa shape index (κ1) is 9.96. The van der Waals surface area contributed by atoms with Gasteiger partial charge in [0.25, 0.3) is 0 Å². The Morgan fingerprint density at radius 2 is 2.25 bits per heavy atom. The highest BCUT2D eigenvalue weighted by Crippen LogP contribution is 2.25. The summed E-state index contributed by atoms with van der Waals surface area (Å²) in [6.45, 7) is 7.45. The Morgan fingerprint density at radius 3 is 2.67 bits per heavy atom. The minimum Gasteiger partial charge on any atom is -0.348 e. The van der Waals surface area contributed by atoms with Crippen LogP contribution in [-0.2, 0) is 9.47 Å². The third-order valence-electron chi connectivity index (χ3n) is 2.13. The third-order valence-corrected chi connectivity index (χ3v) is 2.13. The highest BCUT2D eigenvalue weighted by molar-refractivity contribution is 4.72. The average molecular weight is 173 g/mol. The van der Waals surface area contributed by atoms with Crippen molar-refractivity contribution in [2.75, 3.05) is 13.2 Å². The van der Waals surface area contributed by atoms with Crippen LogP contribution in [0.5, 0.6) is 0 Å². The number of hydrogen-bond donors (Lipinski definition) is 1. The van der Waals surface area contributed by atoms with E-state index >= 15 is 0 Å². The molecule has 1 saturated heterocycles. The second kappa shape index (κ2) is 3.73. The predicted octanol–water partition coefficient (Wildman–Crippen LogP) is 1.12. The predicted molar refractivity (Wildman–Crippen MR) is 47.7 cm³/mol. The van der Waals surface area contributed by atoms with Gasteiger partial charge < -0.3 is 15.2 Å². The van der Waals surface area contributed by atoms with Crippen LogP contribution < -0.4 is 5.73 Å². The zero-order chi connectivity index (χ0) is 9.19. The summed E-state index contributed by atoms with van der Waals surface area (Å²) >= 11 is 0. The van der Waals surface area contributed by atoms with Gasteiger partial charge in [0, 0.05) is 0 Å². The Labute approximate surface area is 74.2 Å². The van der Waals surface area contributed by atoms with Gasteiger partial charge >= 0.3 is 0 Å². The number of rotatable bonds is 3. The van der Waals surface area contributed by atoms with Crippen molar-refractivity contribution in [1.82, 2.24) is 0 Å². The van der Waals surface area contributed by atoms with Gasteiger partial charge in [-0.25, -0.2) is 0 Å². The van der Waals surface area contributed by atoms with Gasteiger partial charge in [0.2, 0.25) is 0 Å². The van der Waals surface area contributed by atoms with Crippen molar-refractivity contribution in [3.63, 3.8) is 0 Å². The Kier molecular flexibility index (Phi) is 3.09. The molecule has 12 heavy (non-hydrogen) atoms. The number of nitrogens with two attached hydrogens (primary N) is 1. The SMILES string of the molecule is C[C@@H](CN)C[C@H]1COC(C)(C)O1. The first-order valence-corrected chi connectivity index (χ1v) is 4.55. The first-order valence-electron chi connectivity index (χ1n) is 4.55. The van der Waals surface area contributed by atoms with E-state index in [1.54, 1.807) is 0 Å². The Hall–Kier alpha value is -0.120. The van der Waals surface area contributed by atoms with Crippen LogP contribution in [0, 0.1) is 5.92 Å². The Bertz CT molecular complexity index is 147. The molecular weight excluding hydrogens is 154 g/mol. The normalized spacial score (nSPS) is 30.5. The molecule has 0 unspecified atom stereocenters. The largest absolute Gasteiger partial charge is 0.348 e. The van der Waals surface area contributed by atoms with Crippen LogP contribution in [0.4, 0.5) is 0 Å². The lowest BCUT2D eigenvalue weighted by atomic mass is 10.0. The van der Waals surface area contributed by atoms with Crippen molar-refractivity contribution in [3.8, 4) is 0 Å². The van der Waals surface area contributed by atoms with Crippen molar-refractivity contribution in [2.24, 2.45) is 11.7 Å². The monoisotopic (exact) mass is 173 g/mol. The van der Waals surface area contributed by atoms with E-state index in [1.807, 2.05) is 13.8 Å². The van der Waals surface area contributed by atoms with Crippen LogP contribution in [0.1, 0.15) is 27.2 Å². The zero-order valence-electron chi connectivity index (χ0n) is 8.17. The molecule has 0 spiro atoms. The summed E-state index contributed by atoms with van der Waals surface area (Å²) in [6, 6.07) is 0. The molecular formula is C9H19NO2. The van der Waals surface area contributed by atoms with Crippen LogP contribution in [0.2, 0.25) is 0 Å². The Balaban J connectivity index is 2.28. The van der Waals surface area contributed by atoms with Crippen LogP contribution in [-0.4, -0.2) is 25.0 Å². The molecule has 2 atom stereocenters. The first-order chi connectivity index (χ1) is 5.53. The highest BCUT2D eigenvalue weighted by Gasteiger charge is 2.32. The van der Waals surface area contributed by atoms with E-state index in [2.05, 4.69) is 6.92 Å². The van der Waals surface area contributed by atoms with E-state index in [1.165, 1.54) is 0 Å². The molecule has 0 bridgehead atoms. The molecule has 0 radical (unpaired) electrons. The van der Waals surface area contributed by atoms with Gasteiger partial charge in [-0.3, -0.25) is 0 Å². The lowest BCUT2D eigenvalue weighted by Gasteiger charge is -2.18. The Morgan fingerprint density at radius 1 is 1.58 bits per heavy atom. The van der Waals surface area contributed by atoms with Crippen molar-refractivity contribution in [3.05, 3.63) is 0 Å². The van der Waals surface area contributed by atoms with Crippen molar-refractivity contribution in [2.45, 2.75) is 39.1 Å². The third kappa shape index (κ3) is 2.73. The summed E-state index contributed by atoms with van der Waals surface area (Å²) in [5, 5.41) is 0. The van der Waals surface area contributed by atoms with Crippen molar-refractivity contribution >= 4 is 0 Å². The lowest BCUT2D eigenvalue weighted by Crippen LogP contribution is -2.24. The minimum absolute atomic E-state index is 0.235. The topological polar surface area (TPSA) is 44.5 Å². The van der Waals surface area contributed by atoms with Crippen LogP contribution in [0.15, 0.2) is 0 Å². The number of ether oxygens (including phenoxy) is 2. The van der Waals surface area contributed by atoms with E-state index in [-0.39, 0.29) is 11.9 Å². The summed E-state index contributed by atoms with van der Waals surface area (Å²) in [6.07, 6.45) is 1.23. The van der Waals surface area contributed by atoms with Gasteiger partial charge in [0.05, 0.1) is 12.7 Å². The molecule has 0 aliphatic carbocycles. The smallest absolute Gasteiger partial charge is 0.163 e. The van der Waals surface area contributed by atoms with Gasteiger partial charge in [-0.05, 0) is 32.7 Å². The molecule has 0 aromatic heterocycles. The van der Waals surface area contributed by atoms with E-state index in [9.17, 15) is 0 Å². The average Bonchev–Trinajstić information content (AvgIpc) is 2.30. The van der Waals surface area contributed by atoms with E-state index < -0.39 is 0 Å². The summed E-state index contributed by atoms with van der Waals surface area (Å²) in [5.41, 5.74) is 5.52. The van der Waals surface area contributed by atoms with Gasteiger partial charge in [0.15, 0.2) is 5.79 Å². The van der Waals surface area contributed by atoms with Crippen LogP contribution in [0.3, 0.4) is 0 Å². The quantitative estimate of drug-likeness (QED) is 0.695. The van der Waals surface area contributed by atoms with Crippen molar-refractivity contribution in [1.29, 1.82) is 0 Å². The molecule has 3 nitrogen and oxygen atoms in total. The van der Waals surface area contributed by atoms with Gasteiger partial charge in [-0.2, -0.15) is 0 Å². The fraction of sp³-hybridized carbons (Fsp3) is 1.00. The fourth-order valence-electron chi connectivity index (χ4n) is 1.42. The summed E-state index contributed by atoms with van der Waals surface area (Å²) < 4.78 is 11.1. The molecule has 72 valence electrons. The second-order valence-electron chi connectivity index (χ2n) is 4.03. The van der Waals surface area contributed by atoms with Gasteiger partial charge in [-0.1, -0.05) is 6.92 Å². The summed E-state index contributed by atoms with van der Waals surface area (Å²) in [4.78, 5) is 0. The molecule has 0 aromatic rings. The fourth-order valence-corrected chi connectivity index (χ4v) is 1.42. The second-order valence-corrected chi connectivity index (χ2v) is 4.03. The van der Waals surface area contributed by atoms with Gasteiger partial charge in [0.1, 0.15) is 0 Å². The van der Waals surface area contributed by atoms with E-state index in [4.69, 9.17) is 15.2 Å². The maximum atomic E-state index is 5.64. The maximum absolute atomic E-state index is 5.64. The molecule has 0 saturated carbocycles. The molecule has 1 fully saturated rings. The summed E-state index contributed by atoms with van der Waals surface area (Å²) in [7, 11) is 0. The molecule has 1 aliphatic rings. The zero-order valence-corrected chi connectivity index (χ0v) is 8.17. The number of hydrogen-bond acceptors (Lipinski definition) is 3. The standard InChI is InChI=1S/C9H19NO2/c1-7(5-10)4-8-6-11-9(2,3)12-8/h7-8H,4-6,10H2,1-3H3/t7-,8+/m1/s1. The van der Waals surface area contributed by atoms with Crippen LogP contribution >= 0.6 is 0 Å². The molecule has 0 amide bonds. The lowest BCUT2D eigenvalue weighted by molar-refractivity contribution is -0.139. The van der Waals surface area contributed by atoms with Gasteiger partial charge in [-0.15, -0.1) is 0 Å². The summed E-state index contributed by atoms with van der Waals surface area (Å²) in [5.74, 6) is 0.131. The molecule has 0 aromatic carbocycles.